The Kier molecular flexibility index (Phi) is 5.74. The fraction of sp³-hybridized carbons (Fsp3) is 0.429. The van der Waals surface area contributed by atoms with Crippen LogP contribution in [0.4, 0.5) is 10.5 Å². The minimum Gasteiger partial charge on any atom is -0.478 e. The number of rotatable bonds is 4. The Morgan fingerprint density at radius 1 is 1.38 bits per heavy atom. The van der Waals surface area contributed by atoms with Crippen LogP contribution in [0.3, 0.4) is 0 Å². The number of carboxylic acid groups (broad SMARTS) is 1. The molecule has 7 heteroatoms. The van der Waals surface area contributed by atoms with Crippen LogP contribution in [-0.2, 0) is 0 Å². The van der Waals surface area contributed by atoms with Gasteiger partial charge in [0.2, 0.25) is 0 Å². The summed E-state index contributed by atoms with van der Waals surface area (Å²) in [6.45, 7) is 0. The number of anilines is 1. The van der Waals surface area contributed by atoms with E-state index in [2.05, 4.69) is 16.9 Å². The van der Waals surface area contributed by atoms with E-state index in [9.17, 15) is 14.7 Å². The molecule has 1 aromatic rings. The highest BCUT2D eigenvalue weighted by Crippen LogP contribution is 2.28. The van der Waals surface area contributed by atoms with Crippen LogP contribution < -0.4 is 10.6 Å². The van der Waals surface area contributed by atoms with Crippen molar-refractivity contribution < 1.29 is 14.7 Å². The number of benzene rings is 1. The number of nitrogens with one attached hydrogen (secondary N) is 2. The monoisotopic (exact) mass is 420 g/mol. The van der Waals surface area contributed by atoms with Gasteiger partial charge in [-0.05, 0) is 66.3 Å². The third-order valence-corrected chi connectivity index (χ3v) is 5.28. The molecule has 1 aliphatic carbocycles. The molecule has 1 saturated carbocycles. The van der Waals surface area contributed by atoms with Gasteiger partial charge in [0.15, 0.2) is 0 Å². The van der Waals surface area contributed by atoms with Gasteiger partial charge in [0, 0.05) is 14.9 Å². The summed E-state index contributed by atoms with van der Waals surface area (Å²) < 4.78 is 0.814. The summed E-state index contributed by atoms with van der Waals surface area (Å²) in [5.74, 6) is -1.05. The molecule has 1 fully saturated rings. The predicted molar refractivity (Wildman–Crippen MR) is 93.2 cm³/mol. The maximum Gasteiger partial charge on any atom is 0.337 e. The second-order valence-electron chi connectivity index (χ2n) is 4.96. The molecule has 2 amide bonds. The van der Waals surface area contributed by atoms with E-state index in [0.717, 1.165) is 22.8 Å². The number of urea groups is 1. The minimum absolute atomic E-state index is 0.102. The Bertz CT molecular complexity index is 553. The molecule has 2 unspecified atom stereocenters. The van der Waals surface area contributed by atoms with Crippen LogP contribution in [0, 0.1) is 3.57 Å². The Balaban J connectivity index is 1.98. The van der Waals surface area contributed by atoms with Gasteiger partial charge in [-0.25, -0.2) is 9.59 Å². The molecular weight excluding hydrogens is 403 g/mol. The van der Waals surface area contributed by atoms with Gasteiger partial charge in [-0.15, -0.1) is 0 Å². The minimum atomic E-state index is -1.05. The topological polar surface area (TPSA) is 78.4 Å². The first-order valence-corrected chi connectivity index (χ1v) is 8.99. The third-order valence-electron chi connectivity index (χ3n) is 3.51. The number of carbonyl (C=O) groups is 2. The summed E-state index contributed by atoms with van der Waals surface area (Å²) in [5.41, 5.74) is 0.422. The van der Waals surface area contributed by atoms with Crippen molar-refractivity contribution in [2.45, 2.75) is 30.6 Å². The summed E-state index contributed by atoms with van der Waals surface area (Å²) in [7, 11) is 0. The van der Waals surface area contributed by atoms with Crippen LogP contribution in [0.25, 0.3) is 0 Å². The number of aromatic carboxylic acids is 1. The zero-order valence-corrected chi connectivity index (χ0v) is 14.5. The number of hydrogen-bond acceptors (Lipinski definition) is 3. The Morgan fingerprint density at radius 2 is 2.14 bits per heavy atom. The molecule has 21 heavy (non-hydrogen) atoms. The van der Waals surface area contributed by atoms with Crippen molar-refractivity contribution in [2.75, 3.05) is 11.6 Å². The second-order valence-corrected chi connectivity index (χ2v) is 7.34. The first-order valence-electron chi connectivity index (χ1n) is 6.62. The highest BCUT2D eigenvalue weighted by molar-refractivity contribution is 14.1. The summed E-state index contributed by atoms with van der Waals surface area (Å²) >= 11 is 3.87. The van der Waals surface area contributed by atoms with Gasteiger partial charge < -0.3 is 15.7 Å². The molecule has 1 aromatic carbocycles. The van der Waals surface area contributed by atoms with E-state index in [-0.39, 0.29) is 17.6 Å². The molecule has 0 aromatic heterocycles. The molecule has 0 radical (unpaired) electrons. The van der Waals surface area contributed by atoms with Crippen LogP contribution in [-0.4, -0.2) is 34.7 Å². The van der Waals surface area contributed by atoms with Crippen LogP contribution in [0.1, 0.15) is 29.6 Å². The van der Waals surface area contributed by atoms with E-state index < -0.39 is 5.97 Å². The first kappa shape index (κ1) is 16.4. The lowest BCUT2D eigenvalue weighted by Gasteiger charge is -2.15. The third kappa shape index (κ3) is 4.50. The average Bonchev–Trinajstić information content (AvgIpc) is 2.88. The lowest BCUT2D eigenvalue weighted by atomic mass is 10.2. The molecule has 114 valence electrons. The van der Waals surface area contributed by atoms with Crippen LogP contribution in [0.2, 0.25) is 0 Å². The van der Waals surface area contributed by atoms with Gasteiger partial charge in [-0.3, -0.25) is 0 Å². The molecule has 5 nitrogen and oxygen atoms in total. The quantitative estimate of drug-likeness (QED) is 0.653. The number of thioether (sulfide) groups is 1. The maximum absolute atomic E-state index is 12.0. The fourth-order valence-corrected chi connectivity index (χ4v) is 3.72. The van der Waals surface area contributed by atoms with Crippen molar-refractivity contribution in [2.24, 2.45) is 0 Å². The van der Waals surface area contributed by atoms with E-state index >= 15 is 0 Å². The highest BCUT2D eigenvalue weighted by Gasteiger charge is 2.25. The molecular formula is C14H17IN2O3S. The SMILES string of the molecule is CSC1CCC(NC(=O)Nc2ccc(I)cc2C(=O)O)C1. The summed E-state index contributed by atoms with van der Waals surface area (Å²) in [6.07, 6.45) is 5.12. The zero-order valence-electron chi connectivity index (χ0n) is 11.6. The van der Waals surface area contributed by atoms with Crippen molar-refractivity contribution in [3.8, 4) is 0 Å². The molecule has 3 N–H and O–H groups in total. The summed E-state index contributed by atoms with van der Waals surface area (Å²) in [5, 5.41) is 15.3. The van der Waals surface area contributed by atoms with Gasteiger partial charge in [-0.1, -0.05) is 0 Å². The molecule has 0 heterocycles. The first-order chi connectivity index (χ1) is 9.99. The Labute approximate surface area is 141 Å². The largest absolute Gasteiger partial charge is 0.478 e. The summed E-state index contributed by atoms with van der Waals surface area (Å²) in [4.78, 5) is 23.2. The zero-order chi connectivity index (χ0) is 15.4. The van der Waals surface area contributed by atoms with Crippen molar-refractivity contribution in [3.05, 3.63) is 27.3 Å². The van der Waals surface area contributed by atoms with Crippen molar-refractivity contribution in [3.63, 3.8) is 0 Å². The average molecular weight is 420 g/mol. The highest BCUT2D eigenvalue weighted by atomic mass is 127. The molecule has 0 saturated heterocycles. The van der Waals surface area contributed by atoms with Crippen molar-refractivity contribution in [1.82, 2.24) is 5.32 Å². The molecule has 2 atom stereocenters. The van der Waals surface area contributed by atoms with Gasteiger partial charge in [-0.2, -0.15) is 11.8 Å². The van der Waals surface area contributed by atoms with Gasteiger partial charge >= 0.3 is 12.0 Å². The summed E-state index contributed by atoms with van der Waals surface area (Å²) in [6, 6.07) is 4.74. The number of carboxylic acids is 1. The van der Waals surface area contributed by atoms with E-state index in [0.29, 0.717) is 10.9 Å². The van der Waals surface area contributed by atoms with E-state index in [4.69, 9.17) is 0 Å². The lowest BCUT2D eigenvalue weighted by molar-refractivity contribution is 0.0698. The standard InChI is InChI=1S/C14H17IN2O3S/c1-21-10-4-3-9(7-10)16-14(20)17-12-5-2-8(15)6-11(12)13(18)19/h2,5-6,9-10H,3-4,7H2,1H3,(H,18,19)(H2,16,17,20). The number of amides is 2. The van der Waals surface area contributed by atoms with Gasteiger partial charge in [0.1, 0.15) is 0 Å². The number of hydrogen-bond donors (Lipinski definition) is 3. The Hall–Kier alpha value is -0.960. The molecule has 0 bridgehead atoms. The van der Waals surface area contributed by atoms with Gasteiger partial charge in [0.25, 0.3) is 0 Å². The smallest absolute Gasteiger partial charge is 0.337 e. The predicted octanol–water partition coefficient (Wildman–Crippen LogP) is 3.40. The molecule has 0 aliphatic heterocycles. The van der Waals surface area contributed by atoms with E-state index in [1.165, 1.54) is 6.07 Å². The van der Waals surface area contributed by atoms with E-state index in [1.807, 2.05) is 34.4 Å². The van der Waals surface area contributed by atoms with Crippen molar-refractivity contribution >= 4 is 52.0 Å². The molecule has 0 spiro atoms. The Morgan fingerprint density at radius 3 is 2.76 bits per heavy atom. The lowest BCUT2D eigenvalue weighted by Crippen LogP contribution is -2.36. The number of carbonyl (C=O) groups excluding carboxylic acids is 1. The van der Waals surface area contributed by atoms with Crippen LogP contribution >= 0.6 is 34.4 Å². The normalized spacial score (nSPS) is 21.0. The van der Waals surface area contributed by atoms with Gasteiger partial charge in [0.05, 0.1) is 11.3 Å². The second kappa shape index (κ2) is 7.35. The molecule has 1 aliphatic rings. The van der Waals surface area contributed by atoms with Crippen molar-refractivity contribution in [1.29, 1.82) is 0 Å². The van der Waals surface area contributed by atoms with Crippen LogP contribution in [0.15, 0.2) is 18.2 Å². The molecule has 2 rings (SSSR count). The fourth-order valence-electron chi connectivity index (χ4n) is 2.43. The van der Waals surface area contributed by atoms with Crippen LogP contribution in [0.5, 0.6) is 0 Å². The number of halogens is 1. The maximum atomic E-state index is 12.0. The van der Waals surface area contributed by atoms with E-state index in [1.54, 1.807) is 12.1 Å².